The number of hydrogen-bond acceptors (Lipinski definition) is 2. The third-order valence-electron chi connectivity index (χ3n) is 3.38. The molecule has 0 aliphatic heterocycles. The van der Waals surface area contributed by atoms with Crippen molar-refractivity contribution < 1.29 is 10.0 Å². The van der Waals surface area contributed by atoms with Crippen LogP contribution < -0.4 is 5.48 Å². The van der Waals surface area contributed by atoms with E-state index in [1.807, 2.05) is 31.2 Å². The number of aromatic nitrogens is 1. The number of nitrogens with zero attached hydrogens (tertiary/aromatic N) is 1. The predicted molar refractivity (Wildman–Crippen MR) is 77.3 cm³/mol. The minimum Gasteiger partial charge on any atom is -0.314 e. The fourth-order valence-corrected chi connectivity index (χ4v) is 2.46. The lowest BCUT2D eigenvalue weighted by Gasteiger charge is -2.09. The number of benzene rings is 2. The molecule has 4 nitrogen and oxygen atoms in total. The van der Waals surface area contributed by atoms with Crippen LogP contribution in [-0.2, 0) is 0 Å². The standard InChI is InChI=1S/C16H14N2O2/c1-11-10-13-4-2-3-5-15(13)18(11)14-8-6-12(7-9-14)16(19)17-20/h2-10,20H,1H3,(H,17,19). The first kappa shape index (κ1) is 12.4. The summed E-state index contributed by atoms with van der Waals surface area (Å²) < 4.78 is 2.13. The van der Waals surface area contributed by atoms with Crippen LogP contribution in [-0.4, -0.2) is 15.7 Å². The zero-order chi connectivity index (χ0) is 14.1. The van der Waals surface area contributed by atoms with Gasteiger partial charge in [-0.25, -0.2) is 5.48 Å². The number of aryl methyl sites for hydroxylation is 1. The van der Waals surface area contributed by atoms with Crippen LogP contribution in [0, 0.1) is 6.92 Å². The highest BCUT2D eigenvalue weighted by atomic mass is 16.5. The molecule has 0 atom stereocenters. The highest BCUT2D eigenvalue weighted by Gasteiger charge is 2.08. The van der Waals surface area contributed by atoms with Gasteiger partial charge >= 0.3 is 0 Å². The number of hydrogen-bond donors (Lipinski definition) is 2. The van der Waals surface area contributed by atoms with Gasteiger partial charge in [-0.1, -0.05) is 18.2 Å². The monoisotopic (exact) mass is 266 g/mol. The van der Waals surface area contributed by atoms with Crippen molar-refractivity contribution in [1.29, 1.82) is 0 Å². The van der Waals surface area contributed by atoms with Crippen molar-refractivity contribution in [1.82, 2.24) is 10.0 Å². The summed E-state index contributed by atoms with van der Waals surface area (Å²) in [5.74, 6) is -0.509. The number of amides is 1. The first-order chi connectivity index (χ1) is 9.70. The molecule has 0 unspecified atom stereocenters. The Balaban J connectivity index is 2.11. The summed E-state index contributed by atoms with van der Waals surface area (Å²) in [5.41, 5.74) is 5.30. The minimum atomic E-state index is -0.509. The molecule has 0 aliphatic rings. The van der Waals surface area contributed by atoms with Crippen LogP contribution in [0.25, 0.3) is 16.6 Å². The van der Waals surface area contributed by atoms with Crippen molar-refractivity contribution in [2.45, 2.75) is 6.92 Å². The Morgan fingerprint density at radius 2 is 1.80 bits per heavy atom. The lowest BCUT2D eigenvalue weighted by molar-refractivity contribution is 0.0706. The van der Waals surface area contributed by atoms with Crippen molar-refractivity contribution in [2.24, 2.45) is 0 Å². The summed E-state index contributed by atoms with van der Waals surface area (Å²) in [6.07, 6.45) is 0. The maximum atomic E-state index is 11.3. The van der Waals surface area contributed by atoms with Gasteiger partial charge < -0.3 is 4.57 Å². The van der Waals surface area contributed by atoms with Gasteiger partial charge in [-0.15, -0.1) is 0 Å². The van der Waals surface area contributed by atoms with Crippen molar-refractivity contribution in [3.05, 3.63) is 65.9 Å². The Kier molecular flexibility index (Phi) is 3.00. The van der Waals surface area contributed by atoms with Crippen molar-refractivity contribution in [3.8, 4) is 5.69 Å². The predicted octanol–water partition coefficient (Wildman–Crippen LogP) is 3.06. The third kappa shape index (κ3) is 1.96. The average molecular weight is 266 g/mol. The molecule has 1 heterocycles. The first-order valence-electron chi connectivity index (χ1n) is 6.32. The van der Waals surface area contributed by atoms with Gasteiger partial charge in [0.1, 0.15) is 0 Å². The van der Waals surface area contributed by atoms with E-state index < -0.39 is 5.91 Å². The molecule has 0 fully saturated rings. The largest absolute Gasteiger partial charge is 0.314 e. The molecule has 0 saturated heterocycles. The summed E-state index contributed by atoms with van der Waals surface area (Å²) in [4.78, 5) is 11.3. The van der Waals surface area contributed by atoms with Gasteiger partial charge in [-0.3, -0.25) is 10.0 Å². The van der Waals surface area contributed by atoms with Crippen LogP contribution >= 0.6 is 0 Å². The van der Waals surface area contributed by atoms with Crippen LogP contribution in [0.3, 0.4) is 0 Å². The van der Waals surface area contributed by atoms with Gasteiger partial charge in [-0.05, 0) is 43.3 Å². The van der Waals surface area contributed by atoms with E-state index in [1.54, 1.807) is 17.6 Å². The van der Waals surface area contributed by atoms with E-state index >= 15 is 0 Å². The Hall–Kier alpha value is -2.59. The summed E-state index contributed by atoms with van der Waals surface area (Å²) >= 11 is 0. The van der Waals surface area contributed by atoms with Crippen LogP contribution in [0.2, 0.25) is 0 Å². The maximum Gasteiger partial charge on any atom is 0.274 e. The molecule has 4 heteroatoms. The van der Waals surface area contributed by atoms with Gasteiger partial charge in [-0.2, -0.15) is 0 Å². The zero-order valence-electron chi connectivity index (χ0n) is 11.0. The Morgan fingerprint density at radius 3 is 2.50 bits per heavy atom. The quantitative estimate of drug-likeness (QED) is 0.553. The fourth-order valence-electron chi connectivity index (χ4n) is 2.46. The number of carbonyl (C=O) groups excluding carboxylic acids is 1. The highest BCUT2D eigenvalue weighted by molar-refractivity contribution is 5.93. The summed E-state index contributed by atoms with van der Waals surface area (Å²) in [6, 6.07) is 17.4. The Labute approximate surface area is 116 Å². The lowest BCUT2D eigenvalue weighted by Crippen LogP contribution is -2.18. The molecule has 3 aromatic rings. The topological polar surface area (TPSA) is 54.3 Å². The number of nitrogens with one attached hydrogen (secondary N) is 1. The molecule has 0 radical (unpaired) electrons. The first-order valence-corrected chi connectivity index (χ1v) is 6.32. The molecule has 0 saturated carbocycles. The molecule has 2 aromatic carbocycles. The smallest absolute Gasteiger partial charge is 0.274 e. The van der Waals surface area contributed by atoms with E-state index in [9.17, 15) is 4.79 Å². The van der Waals surface area contributed by atoms with Crippen LogP contribution in [0.5, 0.6) is 0 Å². The Morgan fingerprint density at radius 1 is 1.10 bits per heavy atom. The number of fused-ring (bicyclic) bond motifs is 1. The van der Waals surface area contributed by atoms with Gasteiger partial charge in [0.25, 0.3) is 5.91 Å². The van der Waals surface area contributed by atoms with E-state index in [0.717, 1.165) is 16.9 Å². The van der Waals surface area contributed by atoms with E-state index in [-0.39, 0.29) is 0 Å². The lowest BCUT2D eigenvalue weighted by atomic mass is 10.2. The van der Waals surface area contributed by atoms with E-state index in [2.05, 4.69) is 22.8 Å². The normalized spacial score (nSPS) is 10.7. The van der Waals surface area contributed by atoms with E-state index in [1.165, 1.54) is 5.39 Å². The van der Waals surface area contributed by atoms with Crippen LogP contribution in [0.15, 0.2) is 54.6 Å². The molecule has 2 N–H and O–H groups in total. The van der Waals surface area contributed by atoms with Crippen LogP contribution in [0.1, 0.15) is 16.1 Å². The summed E-state index contributed by atoms with van der Waals surface area (Å²) in [7, 11) is 0. The number of carbonyl (C=O) groups is 1. The molecule has 0 spiro atoms. The maximum absolute atomic E-state index is 11.3. The summed E-state index contributed by atoms with van der Waals surface area (Å²) in [6.45, 7) is 2.05. The highest BCUT2D eigenvalue weighted by Crippen LogP contribution is 2.24. The number of rotatable bonds is 2. The van der Waals surface area contributed by atoms with Crippen molar-refractivity contribution >= 4 is 16.8 Å². The van der Waals surface area contributed by atoms with E-state index in [0.29, 0.717) is 5.56 Å². The number of para-hydroxylation sites is 1. The molecular weight excluding hydrogens is 252 g/mol. The second kappa shape index (κ2) is 4.83. The van der Waals surface area contributed by atoms with E-state index in [4.69, 9.17) is 5.21 Å². The fraction of sp³-hybridized carbons (Fsp3) is 0.0625. The molecule has 3 rings (SSSR count). The summed E-state index contributed by atoms with van der Waals surface area (Å²) in [5, 5.41) is 9.80. The van der Waals surface area contributed by atoms with Gasteiger partial charge in [0.05, 0.1) is 5.52 Å². The van der Waals surface area contributed by atoms with Gasteiger partial charge in [0.15, 0.2) is 0 Å². The SMILES string of the molecule is Cc1cc2ccccc2n1-c1ccc(C(=O)NO)cc1. The van der Waals surface area contributed by atoms with Gasteiger partial charge in [0.2, 0.25) is 0 Å². The zero-order valence-corrected chi connectivity index (χ0v) is 11.0. The molecule has 0 bridgehead atoms. The molecule has 0 aliphatic carbocycles. The molecular formula is C16H14N2O2. The third-order valence-corrected chi connectivity index (χ3v) is 3.38. The average Bonchev–Trinajstić information content (AvgIpc) is 2.82. The molecule has 1 aromatic heterocycles. The second-order valence-corrected chi connectivity index (χ2v) is 4.67. The molecule has 1 amide bonds. The second-order valence-electron chi connectivity index (χ2n) is 4.67. The molecule has 20 heavy (non-hydrogen) atoms. The number of hydroxylamine groups is 1. The van der Waals surface area contributed by atoms with Crippen LogP contribution in [0.4, 0.5) is 0 Å². The molecule has 100 valence electrons. The minimum absolute atomic E-state index is 0.422. The van der Waals surface area contributed by atoms with Crippen molar-refractivity contribution in [2.75, 3.05) is 0 Å². The van der Waals surface area contributed by atoms with Gasteiger partial charge in [0, 0.05) is 22.3 Å². The van der Waals surface area contributed by atoms with Crippen molar-refractivity contribution in [3.63, 3.8) is 0 Å². The Bertz CT molecular complexity index is 773.